The van der Waals surface area contributed by atoms with Gasteiger partial charge in [0.1, 0.15) is 0 Å². The van der Waals surface area contributed by atoms with Gasteiger partial charge in [-0.1, -0.05) is 42.5 Å². The molecule has 0 spiro atoms. The van der Waals surface area contributed by atoms with Crippen LogP contribution in [0.4, 0.5) is 5.95 Å². The summed E-state index contributed by atoms with van der Waals surface area (Å²) < 4.78 is 1.64. The van der Waals surface area contributed by atoms with E-state index in [4.69, 9.17) is 11.6 Å². The number of nitrogens with zero attached hydrogens (tertiary/aromatic N) is 5. The van der Waals surface area contributed by atoms with Crippen LogP contribution >= 0.6 is 11.6 Å². The second-order valence-corrected chi connectivity index (χ2v) is 5.06. The minimum Gasteiger partial charge on any atom is -0.232 e. The van der Waals surface area contributed by atoms with Crippen molar-refractivity contribution in [3.05, 3.63) is 65.4 Å². The van der Waals surface area contributed by atoms with Crippen molar-refractivity contribution in [2.24, 2.45) is 4.99 Å². The van der Waals surface area contributed by atoms with Gasteiger partial charge in [0, 0.05) is 11.6 Å². The lowest BCUT2D eigenvalue weighted by Crippen LogP contribution is -1.93. The van der Waals surface area contributed by atoms with E-state index in [1.165, 1.54) is 0 Å². The van der Waals surface area contributed by atoms with Gasteiger partial charge in [-0.25, -0.2) is 14.4 Å². The number of hydrogen-bond acceptors (Lipinski definition) is 4. The Morgan fingerprint density at radius 3 is 2.59 bits per heavy atom. The topological polar surface area (TPSA) is 55.4 Å². The molecule has 0 saturated carbocycles. The second-order valence-electron chi connectivity index (χ2n) is 4.73. The van der Waals surface area contributed by atoms with Crippen molar-refractivity contribution in [3.63, 3.8) is 0 Å². The zero-order valence-electron chi connectivity index (χ0n) is 11.4. The minimum absolute atomic E-state index is 0.291. The summed E-state index contributed by atoms with van der Waals surface area (Å²) in [7, 11) is 0. The molecule has 0 aliphatic carbocycles. The van der Waals surface area contributed by atoms with E-state index in [9.17, 15) is 0 Å². The van der Waals surface area contributed by atoms with Crippen LogP contribution in [0.5, 0.6) is 0 Å². The lowest BCUT2D eigenvalue weighted by atomic mass is 10.2. The van der Waals surface area contributed by atoms with Gasteiger partial charge in [0.2, 0.25) is 5.28 Å². The average Bonchev–Trinajstić information content (AvgIpc) is 2.99. The summed E-state index contributed by atoms with van der Waals surface area (Å²) >= 11 is 6.26. The van der Waals surface area contributed by atoms with Crippen molar-refractivity contribution in [1.29, 1.82) is 0 Å². The summed E-state index contributed by atoms with van der Waals surface area (Å²) in [6.07, 6.45) is 1.72. The van der Waals surface area contributed by atoms with Gasteiger partial charge in [-0.3, -0.25) is 0 Å². The summed E-state index contributed by atoms with van der Waals surface area (Å²) in [4.78, 5) is 8.74. The number of hydrogen-bond donors (Lipinski definition) is 0. The summed E-state index contributed by atoms with van der Waals surface area (Å²) in [6.45, 7) is 0. The van der Waals surface area contributed by atoms with E-state index in [1.54, 1.807) is 10.6 Å². The predicted octanol–water partition coefficient (Wildman–Crippen LogP) is 3.68. The molecule has 0 fully saturated rings. The van der Waals surface area contributed by atoms with Crippen LogP contribution < -0.4 is 0 Å². The Bertz CT molecular complexity index is 991. The Balaban J connectivity index is 1.89. The number of aliphatic imine (C=N–C) groups is 1. The number of halogens is 1. The second kappa shape index (κ2) is 5.20. The first-order valence-corrected chi connectivity index (χ1v) is 7.09. The Hall–Kier alpha value is -2.79. The van der Waals surface area contributed by atoms with Crippen molar-refractivity contribution in [2.75, 3.05) is 0 Å². The fourth-order valence-corrected chi connectivity index (χ4v) is 2.53. The fourth-order valence-electron chi connectivity index (χ4n) is 2.29. The maximum atomic E-state index is 6.26. The lowest BCUT2D eigenvalue weighted by Gasteiger charge is -2.02. The molecule has 6 heteroatoms. The Morgan fingerprint density at radius 2 is 1.73 bits per heavy atom. The van der Waals surface area contributed by atoms with E-state index in [0.717, 1.165) is 16.5 Å². The van der Waals surface area contributed by atoms with Crippen LogP contribution in [0.3, 0.4) is 0 Å². The molecule has 2 heterocycles. The molecular formula is C16H10ClN5. The summed E-state index contributed by atoms with van der Waals surface area (Å²) in [5.74, 6) is 0.405. The van der Waals surface area contributed by atoms with Crippen molar-refractivity contribution in [2.45, 2.75) is 0 Å². The molecule has 2 aromatic heterocycles. The first-order chi connectivity index (χ1) is 10.8. The normalized spacial score (nSPS) is 11.7. The molecule has 4 rings (SSSR count). The monoisotopic (exact) mass is 307 g/mol. The highest BCUT2D eigenvalue weighted by Gasteiger charge is 2.12. The molecule has 0 atom stereocenters. The van der Waals surface area contributed by atoms with Crippen LogP contribution in [-0.2, 0) is 0 Å². The Labute approximate surface area is 130 Å². The van der Waals surface area contributed by atoms with Gasteiger partial charge in [0.05, 0.1) is 5.52 Å². The third-order valence-electron chi connectivity index (χ3n) is 3.32. The average molecular weight is 308 g/mol. The summed E-state index contributed by atoms with van der Waals surface area (Å²) in [5.41, 5.74) is 2.41. The first-order valence-electron chi connectivity index (χ1n) is 6.71. The quantitative estimate of drug-likeness (QED) is 0.419. The van der Waals surface area contributed by atoms with Gasteiger partial charge in [-0.15, -0.1) is 10.2 Å². The molecule has 4 aromatic rings. The van der Waals surface area contributed by atoms with Crippen molar-refractivity contribution in [3.8, 4) is 0 Å². The molecule has 0 unspecified atom stereocenters. The van der Waals surface area contributed by atoms with Gasteiger partial charge >= 0.3 is 0 Å². The molecule has 0 radical (unpaired) electrons. The van der Waals surface area contributed by atoms with Crippen LogP contribution in [0.25, 0.3) is 16.6 Å². The van der Waals surface area contributed by atoms with Crippen LogP contribution in [0.15, 0.2) is 59.6 Å². The first kappa shape index (κ1) is 12.9. The molecule has 2 aromatic carbocycles. The van der Waals surface area contributed by atoms with Gasteiger partial charge in [0.25, 0.3) is 5.95 Å². The van der Waals surface area contributed by atoms with E-state index >= 15 is 0 Å². The number of aromatic nitrogens is 4. The van der Waals surface area contributed by atoms with Gasteiger partial charge in [-0.05, 0) is 29.3 Å². The van der Waals surface area contributed by atoms with Crippen LogP contribution in [0.1, 0.15) is 5.56 Å². The molecule has 5 nitrogen and oxygen atoms in total. The molecule has 0 aliphatic heterocycles. The van der Waals surface area contributed by atoms with Gasteiger partial charge in [-0.2, -0.15) is 0 Å². The zero-order chi connectivity index (χ0) is 14.9. The highest BCUT2D eigenvalue weighted by Crippen LogP contribution is 2.24. The highest BCUT2D eigenvalue weighted by atomic mass is 35.5. The third-order valence-corrected chi connectivity index (χ3v) is 3.57. The van der Waals surface area contributed by atoms with Gasteiger partial charge in [0.15, 0.2) is 5.65 Å². The molecule has 0 N–H and O–H groups in total. The molecule has 0 bridgehead atoms. The molecule has 0 amide bonds. The number of para-hydroxylation sites is 1. The van der Waals surface area contributed by atoms with E-state index in [1.807, 2.05) is 54.6 Å². The SMILES string of the molecule is Clc1nc2ccccc2c2nnc(N=Cc3ccccc3)n12. The van der Waals surface area contributed by atoms with E-state index in [2.05, 4.69) is 20.2 Å². The maximum Gasteiger partial charge on any atom is 0.257 e. The Morgan fingerprint density at radius 1 is 0.955 bits per heavy atom. The van der Waals surface area contributed by atoms with Crippen LogP contribution in [0.2, 0.25) is 5.28 Å². The third kappa shape index (κ3) is 2.12. The lowest BCUT2D eigenvalue weighted by molar-refractivity contribution is 1.07. The molecule has 106 valence electrons. The van der Waals surface area contributed by atoms with Gasteiger partial charge < -0.3 is 0 Å². The Kier molecular flexibility index (Phi) is 3.05. The summed E-state index contributed by atoms with van der Waals surface area (Å²) in [5, 5.41) is 9.49. The van der Waals surface area contributed by atoms with Crippen LogP contribution in [-0.4, -0.2) is 25.8 Å². The maximum absolute atomic E-state index is 6.26. The minimum atomic E-state index is 0.291. The number of fused-ring (bicyclic) bond motifs is 3. The summed E-state index contributed by atoms with van der Waals surface area (Å²) in [6, 6.07) is 17.4. The van der Waals surface area contributed by atoms with Crippen molar-refractivity contribution in [1.82, 2.24) is 19.6 Å². The smallest absolute Gasteiger partial charge is 0.232 e. The largest absolute Gasteiger partial charge is 0.257 e. The highest BCUT2D eigenvalue weighted by molar-refractivity contribution is 6.29. The standard InChI is InChI=1S/C16H10ClN5/c17-15-19-13-9-5-4-8-12(13)14-20-21-16(22(14)15)18-10-11-6-2-1-3-7-11/h1-10H. The number of benzene rings is 2. The van der Waals surface area contributed by atoms with E-state index in [-0.39, 0.29) is 0 Å². The molecule has 22 heavy (non-hydrogen) atoms. The van der Waals surface area contributed by atoms with Crippen molar-refractivity contribution < 1.29 is 0 Å². The van der Waals surface area contributed by atoms with Crippen molar-refractivity contribution >= 4 is 40.3 Å². The molecule has 0 aliphatic rings. The number of rotatable bonds is 2. The zero-order valence-corrected chi connectivity index (χ0v) is 12.1. The van der Waals surface area contributed by atoms with Crippen LogP contribution in [0, 0.1) is 0 Å². The predicted molar refractivity (Wildman–Crippen MR) is 87.0 cm³/mol. The fraction of sp³-hybridized carbons (Fsp3) is 0. The molecule has 0 saturated heterocycles. The van der Waals surface area contributed by atoms with E-state index < -0.39 is 0 Å². The van der Waals surface area contributed by atoms with E-state index in [0.29, 0.717) is 16.9 Å². The molecular weight excluding hydrogens is 298 g/mol.